The lowest BCUT2D eigenvalue weighted by molar-refractivity contribution is 0.0589. The van der Waals surface area contributed by atoms with Gasteiger partial charge in [0.15, 0.2) is 5.69 Å². The van der Waals surface area contributed by atoms with Crippen LogP contribution < -0.4 is 0 Å². The molecule has 2 aromatic rings. The maximum Gasteiger partial charge on any atom is 0.358 e. The van der Waals surface area contributed by atoms with Gasteiger partial charge in [0.1, 0.15) is 0 Å². The number of hydrogen-bond donors (Lipinski definition) is 2. The normalized spacial score (nSPS) is 12.2. The van der Waals surface area contributed by atoms with Crippen LogP contribution in [0, 0.1) is 0 Å². The minimum atomic E-state index is -0.813. The van der Waals surface area contributed by atoms with E-state index in [4.69, 9.17) is 11.6 Å². The molecule has 1 heterocycles. The maximum atomic E-state index is 11.5. The summed E-state index contributed by atoms with van der Waals surface area (Å²) in [5.74, 6) is -0.626. The third-order valence-corrected chi connectivity index (χ3v) is 3.35. The van der Waals surface area contributed by atoms with E-state index < -0.39 is 12.1 Å². The Bertz CT molecular complexity index is 624. The van der Waals surface area contributed by atoms with Crippen LogP contribution >= 0.6 is 11.6 Å². The zero-order valence-electron chi connectivity index (χ0n) is 11.4. The van der Waals surface area contributed by atoms with Crippen LogP contribution in [0.3, 0.4) is 0 Å². The number of methoxy groups -OCH3 is 1. The van der Waals surface area contributed by atoms with Crippen LogP contribution in [0.2, 0.25) is 5.02 Å². The lowest BCUT2D eigenvalue weighted by Gasteiger charge is -2.14. The summed E-state index contributed by atoms with van der Waals surface area (Å²) in [6.45, 7) is -0.223. The van der Waals surface area contributed by atoms with Crippen LogP contribution in [0.1, 0.15) is 27.8 Å². The molecule has 6 nitrogen and oxygen atoms in total. The number of esters is 1. The van der Waals surface area contributed by atoms with Crippen LogP contribution in [0.5, 0.6) is 0 Å². The summed E-state index contributed by atoms with van der Waals surface area (Å²) in [5.41, 5.74) is 1.02. The molecule has 0 aliphatic rings. The van der Waals surface area contributed by atoms with E-state index in [1.165, 1.54) is 18.0 Å². The van der Waals surface area contributed by atoms with Crippen molar-refractivity contribution < 1.29 is 19.7 Å². The van der Waals surface area contributed by atoms with E-state index in [0.717, 1.165) is 0 Å². The number of rotatable bonds is 5. The number of benzene rings is 1. The summed E-state index contributed by atoms with van der Waals surface area (Å²) in [7, 11) is 1.24. The predicted octanol–water partition coefficient (Wildman–Crippen LogP) is 1.55. The number of carbonyl (C=O) groups excluding carboxylic acids is 1. The molecule has 0 saturated heterocycles. The number of ether oxygens (including phenoxy) is 1. The first-order valence-corrected chi connectivity index (χ1v) is 6.61. The maximum absolute atomic E-state index is 11.5. The van der Waals surface area contributed by atoms with Crippen molar-refractivity contribution in [2.24, 2.45) is 0 Å². The number of nitrogens with zero attached hydrogens (tertiary/aromatic N) is 2. The molecule has 0 bridgehead atoms. The highest BCUT2D eigenvalue weighted by molar-refractivity contribution is 6.30. The average Bonchev–Trinajstić information content (AvgIpc) is 2.89. The lowest BCUT2D eigenvalue weighted by atomic mass is 10.1. The van der Waals surface area contributed by atoms with Gasteiger partial charge in [-0.15, -0.1) is 0 Å². The summed E-state index contributed by atoms with van der Waals surface area (Å²) < 4.78 is 6.11. The molecule has 2 rings (SSSR count). The van der Waals surface area contributed by atoms with Gasteiger partial charge < -0.3 is 19.5 Å². The number of imidazole rings is 1. The topological polar surface area (TPSA) is 84.6 Å². The van der Waals surface area contributed by atoms with Gasteiger partial charge in [-0.2, -0.15) is 0 Å². The minimum absolute atomic E-state index is 0.0447. The molecule has 2 N–H and O–H groups in total. The van der Waals surface area contributed by atoms with E-state index in [2.05, 4.69) is 9.72 Å². The lowest BCUT2D eigenvalue weighted by Crippen LogP contribution is -2.13. The van der Waals surface area contributed by atoms with Gasteiger partial charge in [-0.3, -0.25) is 0 Å². The molecule has 0 aliphatic heterocycles. The quantitative estimate of drug-likeness (QED) is 0.819. The molecule has 21 heavy (non-hydrogen) atoms. The van der Waals surface area contributed by atoms with Gasteiger partial charge in [-0.25, -0.2) is 9.78 Å². The fourth-order valence-electron chi connectivity index (χ4n) is 1.97. The van der Waals surface area contributed by atoms with E-state index >= 15 is 0 Å². The van der Waals surface area contributed by atoms with Crippen molar-refractivity contribution in [3.63, 3.8) is 0 Å². The highest BCUT2D eigenvalue weighted by Gasteiger charge is 2.19. The number of aromatic nitrogens is 2. The molecular weight excluding hydrogens is 296 g/mol. The monoisotopic (exact) mass is 310 g/mol. The molecule has 0 radical (unpaired) electrons. The molecular formula is C14H15ClN2O4. The first kappa shape index (κ1) is 15.5. The summed E-state index contributed by atoms with van der Waals surface area (Å²) >= 11 is 5.80. The molecule has 0 amide bonds. The SMILES string of the molecule is COC(=O)c1ncn(C[C@@H](O)c2ccc(Cl)cc2)c1CO. The summed E-state index contributed by atoms with van der Waals surface area (Å²) in [5, 5.41) is 20.2. The van der Waals surface area contributed by atoms with E-state index in [9.17, 15) is 15.0 Å². The molecule has 112 valence electrons. The van der Waals surface area contributed by atoms with Gasteiger partial charge in [-0.05, 0) is 17.7 Å². The van der Waals surface area contributed by atoms with Gasteiger partial charge >= 0.3 is 5.97 Å². The number of halogens is 1. The summed E-state index contributed by atoms with van der Waals surface area (Å²) in [6.07, 6.45) is 0.573. The van der Waals surface area contributed by atoms with E-state index in [-0.39, 0.29) is 18.8 Å². The molecule has 7 heteroatoms. The van der Waals surface area contributed by atoms with E-state index in [1.54, 1.807) is 24.3 Å². The average molecular weight is 311 g/mol. The van der Waals surface area contributed by atoms with E-state index in [1.807, 2.05) is 0 Å². The molecule has 1 aromatic heterocycles. The Morgan fingerprint density at radius 1 is 1.43 bits per heavy atom. The number of aliphatic hydroxyl groups excluding tert-OH is 2. The molecule has 0 spiro atoms. The number of carbonyl (C=O) groups is 1. The minimum Gasteiger partial charge on any atom is -0.464 e. The van der Waals surface area contributed by atoms with Crippen molar-refractivity contribution in [3.05, 3.63) is 52.6 Å². The summed E-state index contributed by atoms with van der Waals surface area (Å²) in [4.78, 5) is 15.4. The third kappa shape index (κ3) is 3.41. The first-order chi connectivity index (χ1) is 10.1. The highest BCUT2D eigenvalue weighted by Crippen LogP contribution is 2.20. The first-order valence-electron chi connectivity index (χ1n) is 6.23. The zero-order chi connectivity index (χ0) is 15.4. The molecule has 1 atom stereocenters. The Labute approximate surface area is 126 Å². The van der Waals surface area contributed by atoms with Crippen LogP contribution in [-0.2, 0) is 17.9 Å². The van der Waals surface area contributed by atoms with Crippen LogP contribution in [0.25, 0.3) is 0 Å². The van der Waals surface area contributed by atoms with Crippen LogP contribution in [-0.4, -0.2) is 32.8 Å². The van der Waals surface area contributed by atoms with Crippen LogP contribution in [0.4, 0.5) is 0 Å². The number of aliphatic hydroxyl groups is 2. The van der Waals surface area contributed by atoms with Gasteiger partial charge in [0.25, 0.3) is 0 Å². The number of hydrogen-bond acceptors (Lipinski definition) is 5. The third-order valence-electron chi connectivity index (χ3n) is 3.10. The summed E-state index contributed by atoms with van der Waals surface area (Å²) in [6, 6.07) is 6.79. The molecule has 0 fully saturated rings. The molecule has 1 aromatic carbocycles. The Balaban J connectivity index is 2.21. The molecule has 0 aliphatic carbocycles. The second-order valence-electron chi connectivity index (χ2n) is 4.41. The molecule has 0 unspecified atom stereocenters. The predicted molar refractivity (Wildman–Crippen MR) is 75.9 cm³/mol. The van der Waals surface area contributed by atoms with Crippen molar-refractivity contribution in [1.82, 2.24) is 9.55 Å². The van der Waals surface area contributed by atoms with E-state index in [0.29, 0.717) is 16.3 Å². The van der Waals surface area contributed by atoms with Gasteiger partial charge in [-0.1, -0.05) is 23.7 Å². The largest absolute Gasteiger partial charge is 0.464 e. The Morgan fingerprint density at radius 2 is 2.10 bits per heavy atom. The standard InChI is InChI=1S/C14H15ClN2O4/c1-21-14(20)13-11(7-18)17(8-16-13)6-12(19)9-2-4-10(15)5-3-9/h2-5,8,12,18-19H,6-7H2,1H3/t12-/m1/s1. The Kier molecular flexibility index (Phi) is 4.95. The smallest absolute Gasteiger partial charge is 0.358 e. The zero-order valence-corrected chi connectivity index (χ0v) is 12.1. The van der Waals surface area contributed by atoms with Crippen molar-refractivity contribution in [1.29, 1.82) is 0 Å². The van der Waals surface area contributed by atoms with Crippen LogP contribution in [0.15, 0.2) is 30.6 Å². The van der Waals surface area contributed by atoms with Gasteiger partial charge in [0.05, 0.1) is 38.4 Å². The van der Waals surface area contributed by atoms with Crippen molar-refractivity contribution >= 4 is 17.6 Å². The van der Waals surface area contributed by atoms with Gasteiger partial charge in [0.2, 0.25) is 0 Å². The van der Waals surface area contributed by atoms with Crippen molar-refractivity contribution in [2.45, 2.75) is 19.3 Å². The molecule has 0 saturated carbocycles. The Hall–Kier alpha value is -1.89. The highest BCUT2D eigenvalue weighted by atomic mass is 35.5. The Morgan fingerprint density at radius 3 is 2.67 bits per heavy atom. The van der Waals surface area contributed by atoms with Gasteiger partial charge in [0, 0.05) is 5.02 Å². The van der Waals surface area contributed by atoms with Crippen molar-refractivity contribution in [3.8, 4) is 0 Å². The second-order valence-corrected chi connectivity index (χ2v) is 4.85. The fraction of sp³-hybridized carbons (Fsp3) is 0.286. The second kappa shape index (κ2) is 6.71. The van der Waals surface area contributed by atoms with Crippen molar-refractivity contribution in [2.75, 3.05) is 7.11 Å². The fourth-order valence-corrected chi connectivity index (χ4v) is 2.10.